The third-order valence-corrected chi connectivity index (χ3v) is 7.86. The van der Waals surface area contributed by atoms with Gasteiger partial charge >= 0.3 is 12.1 Å². The number of carbonyl (C=O) groups excluding carboxylic acids is 2. The molecular formula is C29H57NO16. The van der Waals surface area contributed by atoms with Gasteiger partial charge in [0.1, 0.15) is 13.2 Å². The molecule has 0 aliphatic carbocycles. The molecule has 0 atom stereocenters. The number of esters is 1. The molecule has 0 spiro atoms. The highest BCUT2D eigenvalue weighted by atomic mass is 16.6. The number of unbranched alkanes of at least 4 members (excludes halogenated alkanes) is 4. The molecule has 0 aromatic rings. The predicted octanol–water partition coefficient (Wildman–Crippen LogP) is -3.50. The number of rotatable bonds is 30. The quantitative estimate of drug-likeness (QED) is 0.0260. The molecular weight excluding hydrogens is 618 g/mol. The number of carbonyl (C=O) groups is 2. The highest BCUT2D eigenvalue weighted by Gasteiger charge is 2.36. The zero-order valence-corrected chi connectivity index (χ0v) is 26.7. The summed E-state index contributed by atoms with van der Waals surface area (Å²) in [5.74, 6) is -0.521. The maximum absolute atomic E-state index is 12.2. The number of ether oxygens (including phenoxy) is 4. The van der Waals surface area contributed by atoms with Crippen molar-refractivity contribution < 1.29 is 79.6 Å². The van der Waals surface area contributed by atoms with E-state index in [4.69, 9.17) is 18.9 Å². The molecule has 0 aromatic heterocycles. The smallest absolute Gasteiger partial charge is 0.407 e. The molecule has 274 valence electrons. The molecule has 11 N–H and O–H groups in total. The third-order valence-electron chi connectivity index (χ3n) is 7.86. The maximum Gasteiger partial charge on any atom is 0.407 e. The van der Waals surface area contributed by atoms with Gasteiger partial charge < -0.3 is 75.3 Å². The molecule has 0 aromatic carbocycles. The molecule has 0 fully saturated rings. The van der Waals surface area contributed by atoms with Crippen LogP contribution in [-0.4, -0.2) is 175 Å². The van der Waals surface area contributed by atoms with Gasteiger partial charge in [-0.3, -0.25) is 4.79 Å². The van der Waals surface area contributed by atoms with Crippen LogP contribution >= 0.6 is 0 Å². The molecule has 0 aliphatic rings. The largest absolute Gasteiger partial charge is 0.465 e. The van der Waals surface area contributed by atoms with Crippen molar-refractivity contribution in [2.45, 2.75) is 38.5 Å². The Hall–Kier alpha value is -1.74. The minimum atomic E-state index is -1.33. The first kappa shape index (κ1) is 44.3. The van der Waals surface area contributed by atoms with Gasteiger partial charge in [0.2, 0.25) is 0 Å². The van der Waals surface area contributed by atoms with E-state index in [1.165, 1.54) is 0 Å². The Morgan fingerprint density at radius 3 is 1.20 bits per heavy atom. The van der Waals surface area contributed by atoms with Gasteiger partial charge in [0.25, 0.3) is 0 Å². The SMILES string of the molecule is O=C(CCCCCCCNC(=O)OCC(CO)(CO)COCC(CO)(CO)CO)OCC(CO)(CO)COCC(CO)(CO)CO. The molecule has 1 amide bonds. The number of aliphatic hydroxyl groups is 10. The first-order valence-electron chi connectivity index (χ1n) is 15.3. The molecule has 0 saturated heterocycles. The zero-order chi connectivity index (χ0) is 35.0. The van der Waals surface area contributed by atoms with Crippen molar-refractivity contribution in [1.82, 2.24) is 5.32 Å². The van der Waals surface area contributed by atoms with Crippen LogP contribution in [0.5, 0.6) is 0 Å². The maximum atomic E-state index is 12.2. The average Bonchev–Trinajstić information content (AvgIpc) is 3.10. The lowest BCUT2D eigenvalue weighted by atomic mass is 9.90. The summed E-state index contributed by atoms with van der Waals surface area (Å²) >= 11 is 0. The monoisotopic (exact) mass is 675 g/mol. The molecule has 0 rings (SSSR count). The number of hydrogen-bond donors (Lipinski definition) is 11. The second-order valence-corrected chi connectivity index (χ2v) is 12.2. The summed E-state index contributed by atoms with van der Waals surface area (Å²) in [6, 6.07) is 0. The van der Waals surface area contributed by atoms with Crippen molar-refractivity contribution in [3.63, 3.8) is 0 Å². The summed E-state index contributed by atoms with van der Waals surface area (Å²) in [5.41, 5.74) is -5.20. The van der Waals surface area contributed by atoms with E-state index in [9.17, 15) is 60.7 Å². The van der Waals surface area contributed by atoms with E-state index in [0.29, 0.717) is 25.8 Å². The van der Waals surface area contributed by atoms with Crippen LogP contribution in [0.2, 0.25) is 0 Å². The van der Waals surface area contributed by atoms with Crippen LogP contribution in [0.3, 0.4) is 0 Å². The summed E-state index contributed by atoms with van der Waals surface area (Å²) in [5, 5.41) is 97.8. The van der Waals surface area contributed by atoms with Gasteiger partial charge in [-0.05, 0) is 12.8 Å². The van der Waals surface area contributed by atoms with Gasteiger partial charge in [0.15, 0.2) is 0 Å². The lowest BCUT2D eigenvalue weighted by molar-refractivity contribution is -0.154. The van der Waals surface area contributed by atoms with Crippen LogP contribution in [0.25, 0.3) is 0 Å². The predicted molar refractivity (Wildman–Crippen MR) is 160 cm³/mol. The zero-order valence-electron chi connectivity index (χ0n) is 26.7. The van der Waals surface area contributed by atoms with E-state index >= 15 is 0 Å². The number of aliphatic hydroxyl groups excluding tert-OH is 10. The average molecular weight is 676 g/mol. The molecule has 0 unspecified atom stereocenters. The second kappa shape index (κ2) is 24.4. The fraction of sp³-hybridized carbons (Fsp3) is 0.931. The van der Waals surface area contributed by atoms with E-state index in [2.05, 4.69) is 5.32 Å². The van der Waals surface area contributed by atoms with E-state index < -0.39 is 99.8 Å². The molecule has 46 heavy (non-hydrogen) atoms. The Morgan fingerprint density at radius 2 is 0.783 bits per heavy atom. The molecule has 0 saturated carbocycles. The Bertz CT molecular complexity index is 705. The molecule has 0 heterocycles. The normalized spacial score (nSPS) is 12.7. The molecule has 0 radical (unpaired) electrons. The third kappa shape index (κ3) is 15.9. The lowest BCUT2D eigenvalue weighted by Gasteiger charge is -2.32. The van der Waals surface area contributed by atoms with Crippen LogP contribution in [-0.2, 0) is 23.7 Å². The van der Waals surface area contributed by atoms with E-state index in [0.717, 1.165) is 12.8 Å². The number of nitrogens with one attached hydrogen (secondary N) is 1. The van der Waals surface area contributed by atoms with Crippen LogP contribution in [0.15, 0.2) is 0 Å². The van der Waals surface area contributed by atoms with Crippen LogP contribution < -0.4 is 5.32 Å². The Morgan fingerprint density at radius 1 is 0.435 bits per heavy atom. The summed E-state index contributed by atoms with van der Waals surface area (Å²) in [4.78, 5) is 24.2. The Balaban J connectivity index is 4.27. The summed E-state index contributed by atoms with van der Waals surface area (Å²) in [6.45, 7) is -6.84. The van der Waals surface area contributed by atoms with Crippen LogP contribution in [0.4, 0.5) is 4.79 Å². The first-order valence-corrected chi connectivity index (χ1v) is 15.3. The Labute approximate surface area is 269 Å². The van der Waals surface area contributed by atoms with E-state index in [1.807, 2.05) is 0 Å². The highest BCUT2D eigenvalue weighted by Crippen LogP contribution is 2.23. The van der Waals surface area contributed by atoms with Crippen LogP contribution in [0.1, 0.15) is 38.5 Å². The van der Waals surface area contributed by atoms with Crippen molar-refractivity contribution in [3.8, 4) is 0 Å². The first-order chi connectivity index (χ1) is 22.0. The van der Waals surface area contributed by atoms with Crippen molar-refractivity contribution in [2.24, 2.45) is 21.7 Å². The van der Waals surface area contributed by atoms with E-state index in [-0.39, 0.29) is 46.1 Å². The fourth-order valence-corrected chi connectivity index (χ4v) is 3.78. The van der Waals surface area contributed by atoms with Crippen molar-refractivity contribution in [3.05, 3.63) is 0 Å². The van der Waals surface area contributed by atoms with Crippen molar-refractivity contribution >= 4 is 12.1 Å². The second-order valence-electron chi connectivity index (χ2n) is 12.2. The van der Waals surface area contributed by atoms with Crippen molar-refractivity contribution in [1.29, 1.82) is 0 Å². The minimum absolute atomic E-state index is 0.114. The summed E-state index contributed by atoms with van der Waals surface area (Å²) in [6.07, 6.45) is 2.73. The number of amides is 1. The summed E-state index contributed by atoms with van der Waals surface area (Å²) < 4.78 is 21.2. The van der Waals surface area contributed by atoms with Gasteiger partial charge in [-0.2, -0.15) is 0 Å². The molecule has 0 bridgehead atoms. The molecule has 17 heteroatoms. The van der Waals surface area contributed by atoms with Gasteiger partial charge in [-0.1, -0.05) is 19.3 Å². The molecule has 0 aliphatic heterocycles. The number of hydrogen-bond acceptors (Lipinski definition) is 16. The Kier molecular flexibility index (Phi) is 23.5. The topological polar surface area (TPSA) is 285 Å². The highest BCUT2D eigenvalue weighted by molar-refractivity contribution is 5.69. The fourth-order valence-electron chi connectivity index (χ4n) is 3.78. The van der Waals surface area contributed by atoms with Gasteiger partial charge in [-0.25, -0.2) is 4.79 Å². The lowest BCUT2D eigenvalue weighted by Crippen LogP contribution is -2.44. The van der Waals surface area contributed by atoms with E-state index in [1.54, 1.807) is 0 Å². The minimum Gasteiger partial charge on any atom is -0.465 e. The van der Waals surface area contributed by atoms with Gasteiger partial charge in [0, 0.05) is 13.0 Å². The van der Waals surface area contributed by atoms with Gasteiger partial charge in [-0.15, -0.1) is 0 Å². The summed E-state index contributed by atoms with van der Waals surface area (Å²) in [7, 11) is 0. The molecule has 17 nitrogen and oxygen atoms in total. The van der Waals surface area contributed by atoms with Gasteiger partial charge in [0.05, 0.1) is 114 Å². The standard InChI is InChI=1S/C29H57NO16/c31-8-26(9-32,10-33)18-43-20-28(14-37,15-38)22-45-24(41)6-4-2-1-3-5-7-30-25(42)46-23-29(16-39,17-40)21-44-19-27(11-34,12-35)13-36/h31-40H,1-23H2,(H,30,42). The number of alkyl carbamates (subject to hydrolysis) is 1. The van der Waals surface area contributed by atoms with Crippen LogP contribution in [0, 0.1) is 21.7 Å². The van der Waals surface area contributed by atoms with Crippen molar-refractivity contribution in [2.75, 3.05) is 112 Å².